The van der Waals surface area contributed by atoms with Crippen LogP contribution in [0.25, 0.3) is 10.9 Å². The van der Waals surface area contributed by atoms with E-state index >= 15 is 0 Å². The largest absolute Gasteiger partial charge is 0.466 e. The molecule has 0 aliphatic carbocycles. The predicted molar refractivity (Wildman–Crippen MR) is 129 cm³/mol. The summed E-state index contributed by atoms with van der Waals surface area (Å²) < 4.78 is 7.46. The Labute approximate surface area is 190 Å². The van der Waals surface area contributed by atoms with Crippen LogP contribution in [-0.4, -0.2) is 54.2 Å². The van der Waals surface area contributed by atoms with Crippen LogP contribution in [0.5, 0.6) is 0 Å². The first-order valence-corrected chi connectivity index (χ1v) is 10.5. The number of nitrogens with zero attached hydrogens (tertiary/aromatic N) is 3. The zero-order valence-electron chi connectivity index (χ0n) is 17.5. The summed E-state index contributed by atoms with van der Waals surface area (Å²) in [4.78, 5) is 19.0. The number of rotatable bonds is 7. The first kappa shape index (κ1) is 23.5. The lowest BCUT2D eigenvalue weighted by Gasteiger charge is -2.33. The minimum Gasteiger partial charge on any atom is -0.466 e. The number of likely N-dealkylation sites (tertiary alicyclic amines) is 1. The Kier molecular flexibility index (Phi) is 9.76. The topological polar surface area (TPSA) is 58.9 Å². The zero-order chi connectivity index (χ0) is 19.8. The lowest BCUT2D eigenvalue weighted by molar-refractivity contribution is -0.149. The number of carbonyl (C=O) groups excluding carboxylic acids is 1. The monoisotopic (exact) mass is 512 g/mol. The van der Waals surface area contributed by atoms with Gasteiger partial charge in [0, 0.05) is 44.4 Å². The summed E-state index contributed by atoms with van der Waals surface area (Å²) in [7, 11) is 0. The van der Waals surface area contributed by atoms with Gasteiger partial charge in [0.15, 0.2) is 5.96 Å². The molecule has 1 N–H and O–H groups in total. The van der Waals surface area contributed by atoms with Crippen molar-refractivity contribution in [1.82, 2.24) is 14.8 Å². The average molecular weight is 512 g/mol. The standard InChI is InChI=1S/C22H32N4O2.HI/c1-3-23-22(26-16-11-19(12-17-26)21(27)28-4-2)24-13-7-14-25-15-10-18-8-5-6-9-20(18)25;/h5-6,8-10,15,19H,3-4,7,11-14,16-17H2,1-2H3,(H,23,24);1H. The van der Waals surface area contributed by atoms with Crippen molar-refractivity contribution in [3.05, 3.63) is 36.5 Å². The summed E-state index contributed by atoms with van der Waals surface area (Å²) in [6.07, 6.45) is 4.81. The molecule has 160 valence electrons. The molecule has 0 atom stereocenters. The number of aromatic nitrogens is 1. The third-order valence-corrected chi connectivity index (χ3v) is 5.25. The quantitative estimate of drug-likeness (QED) is 0.201. The molecular weight excluding hydrogens is 479 g/mol. The molecule has 1 fully saturated rings. The molecule has 1 saturated heterocycles. The van der Waals surface area contributed by atoms with E-state index in [1.165, 1.54) is 10.9 Å². The minimum absolute atomic E-state index is 0. The maximum absolute atomic E-state index is 11.9. The van der Waals surface area contributed by atoms with E-state index in [2.05, 4.69) is 58.2 Å². The van der Waals surface area contributed by atoms with Crippen molar-refractivity contribution in [2.24, 2.45) is 10.9 Å². The Morgan fingerprint density at radius 1 is 1.21 bits per heavy atom. The van der Waals surface area contributed by atoms with Gasteiger partial charge in [-0.25, -0.2) is 0 Å². The number of guanidine groups is 1. The lowest BCUT2D eigenvalue weighted by atomic mass is 9.97. The molecule has 29 heavy (non-hydrogen) atoms. The van der Waals surface area contributed by atoms with E-state index in [9.17, 15) is 4.79 Å². The Morgan fingerprint density at radius 2 is 1.97 bits per heavy atom. The van der Waals surface area contributed by atoms with E-state index in [-0.39, 0.29) is 35.9 Å². The van der Waals surface area contributed by atoms with Gasteiger partial charge in [0.05, 0.1) is 12.5 Å². The molecule has 0 saturated carbocycles. The smallest absolute Gasteiger partial charge is 0.309 e. The van der Waals surface area contributed by atoms with Gasteiger partial charge in [0.1, 0.15) is 0 Å². The van der Waals surface area contributed by atoms with E-state index in [0.717, 1.165) is 57.9 Å². The molecular formula is C22H33IN4O2. The highest BCUT2D eigenvalue weighted by molar-refractivity contribution is 14.0. The Morgan fingerprint density at radius 3 is 2.69 bits per heavy atom. The molecule has 1 aromatic heterocycles. The number of hydrogen-bond donors (Lipinski definition) is 1. The van der Waals surface area contributed by atoms with Crippen LogP contribution in [0.1, 0.15) is 33.1 Å². The van der Waals surface area contributed by atoms with Crippen molar-refractivity contribution in [2.75, 3.05) is 32.8 Å². The fraction of sp³-hybridized carbons (Fsp3) is 0.545. The first-order valence-electron chi connectivity index (χ1n) is 10.5. The highest BCUT2D eigenvalue weighted by Crippen LogP contribution is 2.19. The van der Waals surface area contributed by atoms with Crippen LogP contribution in [-0.2, 0) is 16.1 Å². The molecule has 0 spiro atoms. The fourth-order valence-corrected chi connectivity index (χ4v) is 3.77. The molecule has 3 rings (SSSR count). The summed E-state index contributed by atoms with van der Waals surface area (Å²) in [5.41, 5.74) is 1.28. The minimum atomic E-state index is -0.0527. The van der Waals surface area contributed by atoms with E-state index < -0.39 is 0 Å². The number of aryl methyl sites for hydroxylation is 1. The van der Waals surface area contributed by atoms with Crippen molar-refractivity contribution >= 4 is 46.8 Å². The number of hydrogen-bond acceptors (Lipinski definition) is 3. The number of ether oxygens (including phenoxy) is 1. The predicted octanol–water partition coefficient (Wildman–Crippen LogP) is 3.89. The number of para-hydroxylation sites is 1. The van der Waals surface area contributed by atoms with Gasteiger partial charge in [-0.05, 0) is 50.6 Å². The van der Waals surface area contributed by atoms with Crippen molar-refractivity contribution in [1.29, 1.82) is 0 Å². The van der Waals surface area contributed by atoms with Gasteiger partial charge >= 0.3 is 5.97 Å². The maximum atomic E-state index is 11.9. The molecule has 6 nitrogen and oxygen atoms in total. The molecule has 0 unspecified atom stereocenters. The number of nitrogens with one attached hydrogen (secondary N) is 1. The van der Waals surface area contributed by atoms with Crippen LogP contribution in [0.4, 0.5) is 0 Å². The molecule has 1 aliphatic heterocycles. The van der Waals surface area contributed by atoms with E-state index in [0.29, 0.717) is 6.61 Å². The summed E-state index contributed by atoms with van der Waals surface area (Å²) in [6, 6.07) is 10.6. The number of aliphatic imine (C=N–C) groups is 1. The van der Waals surface area contributed by atoms with Gasteiger partial charge < -0.3 is 19.5 Å². The normalized spacial score (nSPS) is 15.2. The third-order valence-electron chi connectivity index (χ3n) is 5.25. The summed E-state index contributed by atoms with van der Waals surface area (Å²) >= 11 is 0. The average Bonchev–Trinajstić information content (AvgIpc) is 3.14. The molecule has 1 aliphatic rings. The maximum Gasteiger partial charge on any atom is 0.309 e. The second-order valence-corrected chi connectivity index (χ2v) is 7.17. The lowest BCUT2D eigenvalue weighted by Crippen LogP contribution is -2.46. The SMILES string of the molecule is CCNC(=NCCCn1ccc2ccccc21)N1CCC(C(=O)OCC)CC1.I. The highest BCUT2D eigenvalue weighted by Gasteiger charge is 2.27. The van der Waals surface area contributed by atoms with E-state index in [1.54, 1.807) is 0 Å². The Bertz CT molecular complexity index is 797. The van der Waals surface area contributed by atoms with Gasteiger partial charge in [0.2, 0.25) is 0 Å². The van der Waals surface area contributed by atoms with Crippen molar-refractivity contribution in [2.45, 2.75) is 39.7 Å². The molecule has 1 aromatic carbocycles. The van der Waals surface area contributed by atoms with Gasteiger partial charge in [-0.2, -0.15) is 0 Å². The van der Waals surface area contributed by atoms with E-state index in [1.807, 2.05) is 6.92 Å². The van der Waals surface area contributed by atoms with Crippen LogP contribution in [0.2, 0.25) is 0 Å². The number of halogens is 1. The first-order chi connectivity index (χ1) is 13.7. The number of fused-ring (bicyclic) bond motifs is 1. The highest BCUT2D eigenvalue weighted by atomic mass is 127. The van der Waals surface area contributed by atoms with Crippen LogP contribution in [0, 0.1) is 5.92 Å². The summed E-state index contributed by atoms with van der Waals surface area (Å²) in [5, 5.41) is 4.68. The number of piperidine rings is 1. The molecule has 0 bridgehead atoms. The summed E-state index contributed by atoms with van der Waals surface area (Å²) in [5.74, 6) is 0.936. The molecule has 7 heteroatoms. The van der Waals surface area contributed by atoms with Crippen molar-refractivity contribution in [3.8, 4) is 0 Å². The summed E-state index contributed by atoms with van der Waals surface area (Å²) in [6.45, 7) is 8.69. The van der Waals surface area contributed by atoms with Gasteiger partial charge in [-0.1, -0.05) is 18.2 Å². The third kappa shape index (κ3) is 6.35. The second-order valence-electron chi connectivity index (χ2n) is 7.17. The van der Waals surface area contributed by atoms with Crippen molar-refractivity contribution < 1.29 is 9.53 Å². The number of esters is 1. The molecule has 2 aromatic rings. The Hall–Kier alpha value is -1.77. The second kappa shape index (κ2) is 12.0. The van der Waals surface area contributed by atoms with Gasteiger partial charge in [-0.3, -0.25) is 9.79 Å². The zero-order valence-corrected chi connectivity index (χ0v) is 19.8. The van der Waals surface area contributed by atoms with Crippen LogP contribution >= 0.6 is 24.0 Å². The molecule has 0 amide bonds. The van der Waals surface area contributed by atoms with Gasteiger partial charge in [0.25, 0.3) is 0 Å². The van der Waals surface area contributed by atoms with Crippen LogP contribution in [0.15, 0.2) is 41.5 Å². The Balaban J connectivity index is 0.00000300. The van der Waals surface area contributed by atoms with E-state index in [4.69, 9.17) is 9.73 Å². The van der Waals surface area contributed by atoms with Crippen LogP contribution < -0.4 is 5.32 Å². The van der Waals surface area contributed by atoms with Crippen LogP contribution in [0.3, 0.4) is 0 Å². The van der Waals surface area contributed by atoms with Gasteiger partial charge in [-0.15, -0.1) is 24.0 Å². The van der Waals surface area contributed by atoms with Crippen molar-refractivity contribution in [3.63, 3.8) is 0 Å². The fourth-order valence-electron chi connectivity index (χ4n) is 3.77. The number of carbonyl (C=O) groups is 1. The molecule has 2 heterocycles. The number of benzene rings is 1. The molecule has 0 radical (unpaired) electrons.